The van der Waals surface area contributed by atoms with Gasteiger partial charge in [-0.05, 0) is 87.3 Å². The molecule has 0 aromatic carbocycles. The molecule has 1 fully saturated rings. The van der Waals surface area contributed by atoms with E-state index in [0.717, 1.165) is 55.3 Å². The maximum absolute atomic E-state index is 13.6. The highest BCUT2D eigenvalue weighted by Gasteiger charge is 2.39. The molecule has 2 atom stereocenters. The van der Waals surface area contributed by atoms with Gasteiger partial charge in [0, 0.05) is 35.9 Å². The molecule has 0 radical (unpaired) electrons. The Hall–Kier alpha value is -3.13. The molecule has 3 aromatic heterocycles. The summed E-state index contributed by atoms with van der Waals surface area (Å²) in [7, 11) is 0. The molecule has 1 aliphatic rings. The molecule has 1 amide bonds. The fourth-order valence-corrected chi connectivity index (χ4v) is 5.92. The van der Waals surface area contributed by atoms with E-state index in [0.29, 0.717) is 16.5 Å². The van der Waals surface area contributed by atoms with Crippen LogP contribution < -0.4 is 14.9 Å². The first-order valence-corrected chi connectivity index (χ1v) is 15.2. The van der Waals surface area contributed by atoms with Crippen molar-refractivity contribution in [1.29, 1.82) is 0 Å². The number of aromatic nitrogens is 3. The Kier molecular flexibility index (Phi) is 9.39. The largest absolute Gasteiger partial charge is 0.362 e. The summed E-state index contributed by atoms with van der Waals surface area (Å²) in [5.74, 6) is 1.90. The van der Waals surface area contributed by atoms with Gasteiger partial charge >= 0.3 is 0 Å². The van der Waals surface area contributed by atoms with Crippen LogP contribution in [0.25, 0.3) is 0 Å². The summed E-state index contributed by atoms with van der Waals surface area (Å²) in [6, 6.07) is 15.7. The minimum atomic E-state index is -0.162. The molecule has 4 rings (SSSR count). The zero-order valence-electron chi connectivity index (χ0n) is 25.0. The van der Waals surface area contributed by atoms with Gasteiger partial charge in [0.2, 0.25) is 0 Å². The minimum Gasteiger partial charge on any atom is -0.362 e. The number of nitrogens with one attached hydrogen (secondary N) is 2. The second kappa shape index (κ2) is 12.6. The number of aryl methyl sites for hydroxylation is 1. The number of anilines is 2. The van der Waals surface area contributed by atoms with E-state index >= 15 is 0 Å². The van der Waals surface area contributed by atoms with Crippen LogP contribution in [0.1, 0.15) is 95.5 Å². The number of nitrogens with zero attached hydrogens (tertiary/aromatic N) is 4. The van der Waals surface area contributed by atoms with E-state index in [1.807, 2.05) is 48.5 Å². The van der Waals surface area contributed by atoms with Crippen LogP contribution in [0.5, 0.6) is 0 Å². The highest BCUT2D eigenvalue weighted by Crippen LogP contribution is 2.38. The number of amides is 1. The standard InChI is InChI=1S/C32H44N6OS/c1-8-25(26-12-9-10-19-33-26)35-27-13-11-14-28(36-27)40-37-30(39)24-16-15-23(17-18-31(3,4)5)34-29(24)38-21-22(2)20-32(38,6)7/h9-16,19,22,25H,8,17-18,20-21H2,1-7H3,(H,35,36)(H,37,39). The molecule has 214 valence electrons. The van der Waals surface area contributed by atoms with Crippen molar-refractivity contribution in [1.82, 2.24) is 19.7 Å². The number of rotatable bonds is 10. The Labute approximate surface area is 244 Å². The van der Waals surface area contributed by atoms with Crippen molar-refractivity contribution in [2.45, 2.75) is 90.8 Å². The first kappa shape index (κ1) is 29.8. The van der Waals surface area contributed by atoms with Crippen LogP contribution in [-0.4, -0.2) is 32.9 Å². The van der Waals surface area contributed by atoms with Crippen molar-refractivity contribution in [2.24, 2.45) is 11.3 Å². The van der Waals surface area contributed by atoms with Crippen molar-refractivity contribution in [3.8, 4) is 0 Å². The zero-order valence-corrected chi connectivity index (χ0v) is 25.8. The van der Waals surface area contributed by atoms with Gasteiger partial charge in [0.1, 0.15) is 16.7 Å². The van der Waals surface area contributed by atoms with Crippen LogP contribution in [0.15, 0.2) is 59.8 Å². The summed E-state index contributed by atoms with van der Waals surface area (Å²) in [6.45, 7) is 16.5. The normalized spacial score (nSPS) is 17.5. The summed E-state index contributed by atoms with van der Waals surface area (Å²) in [4.78, 5) is 30.2. The molecule has 7 nitrogen and oxygen atoms in total. The predicted octanol–water partition coefficient (Wildman–Crippen LogP) is 7.48. The van der Waals surface area contributed by atoms with Crippen LogP contribution in [0.3, 0.4) is 0 Å². The average Bonchev–Trinajstić information content (AvgIpc) is 3.20. The van der Waals surface area contributed by atoms with E-state index in [-0.39, 0.29) is 22.9 Å². The second-order valence-electron chi connectivity index (χ2n) is 12.7. The van der Waals surface area contributed by atoms with Crippen molar-refractivity contribution in [3.63, 3.8) is 0 Å². The third-order valence-electron chi connectivity index (χ3n) is 7.38. The molecule has 0 spiro atoms. The van der Waals surface area contributed by atoms with E-state index in [1.54, 1.807) is 6.20 Å². The van der Waals surface area contributed by atoms with Gasteiger partial charge in [0.05, 0.1) is 17.3 Å². The van der Waals surface area contributed by atoms with Crippen LogP contribution in [-0.2, 0) is 6.42 Å². The first-order valence-electron chi connectivity index (χ1n) is 14.3. The lowest BCUT2D eigenvalue weighted by Crippen LogP contribution is -2.40. The van der Waals surface area contributed by atoms with Gasteiger partial charge in [0.15, 0.2) is 0 Å². The van der Waals surface area contributed by atoms with Gasteiger partial charge < -0.3 is 10.2 Å². The Morgan fingerprint density at radius 3 is 2.58 bits per heavy atom. The quantitative estimate of drug-likeness (QED) is 0.249. The average molecular weight is 561 g/mol. The van der Waals surface area contributed by atoms with Crippen molar-refractivity contribution in [3.05, 3.63) is 71.7 Å². The maximum Gasteiger partial charge on any atom is 0.265 e. The summed E-state index contributed by atoms with van der Waals surface area (Å²) < 4.78 is 3.03. The lowest BCUT2D eigenvalue weighted by atomic mass is 9.89. The summed E-state index contributed by atoms with van der Waals surface area (Å²) in [5.41, 5.74) is 2.76. The molecule has 0 saturated carbocycles. The molecule has 0 aliphatic carbocycles. The van der Waals surface area contributed by atoms with E-state index in [9.17, 15) is 4.79 Å². The molecule has 4 heterocycles. The van der Waals surface area contributed by atoms with E-state index < -0.39 is 0 Å². The van der Waals surface area contributed by atoms with E-state index in [2.05, 4.69) is 68.4 Å². The van der Waals surface area contributed by atoms with Crippen LogP contribution >= 0.6 is 11.9 Å². The van der Waals surface area contributed by atoms with Crippen LogP contribution in [0.2, 0.25) is 0 Å². The Morgan fingerprint density at radius 2 is 1.93 bits per heavy atom. The Balaban J connectivity index is 1.51. The summed E-state index contributed by atoms with van der Waals surface area (Å²) in [5, 5.41) is 4.19. The van der Waals surface area contributed by atoms with Gasteiger partial charge in [0.25, 0.3) is 5.91 Å². The van der Waals surface area contributed by atoms with Crippen molar-refractivity contribution < 1.29 is 4.79 Å². The topological polar surface area (TPSA) is 83.0 Å². The van der Waals surface area contributed by atoms with Gasteiger partial charge in [-0.1, -0.05) is 46.8 Å². The van der Waals surface area contributed by atoms with Gasteiger partial charge in [-0.15, -0.1) is 0 Å². The van der Waals surface area contributed by atoms with Gasteiger partial charge in [-0.2, -0.15) is 0 Å². The number of pyridine rings is 3. The van der Waals surface area contributed by atoms with Gasteiger partial charge in [-0.3, -0.25) is 14.5 Å². The van der Waals surface area contributed by atoms with E-state index in [4.69, 9.17) is 9.97 Å². The first-order chi connectivity index (χ1) is 18.9. The number of hydrogen-bond donors (Lipinski definition) is 2. The fourth-order valence-electron chi connectivity index (χ4n) is 5.32. The fraction of sp³-hybridized carbons (Fsp3) is 0.500. The van der Waals surface area contributed by atoms with Crippen molar-refractivity contribution >= 4 is 29.5 Å². The molecule has 2 unspecified atom stereocenters. The summed E-state index contributed by atoms with van der Waals surface area (Å²) in [6.07, 6.45) is 5.67. The number of carbonyl (C=O) groups excluding carboxylic acids is 1. The molecular formula is C32H44N6OS. The minimum absolute atomic E-state index is 0.0557. The molecule has 3 aromatic rings. The predicted molar refractivity (Wildman–Crippen MR) is 166 cm³/mol. The zero-order chi connectivity index (χ0) is 28.9. The SMILES string of the molecule is CCC(Nc1cccc(SNC(=O)c2ccc(CCC(C)(C)C)nc2N2CC(C)CC2(C)C)n1)c1ccccn1. The molecule has 40 heavy (non-hydrogen) atoms. The third-order valence-corrected chi connectivity index (χ3v) is 8.11. The van der Waals surface area contributed by atoms with Crippen molar-refractivity contribution in [2.75, 3.05) is 16.8 Å². The molecule has 2 N–H and O–H groups in total. The second-order valence-corrected chi connectivity index (χ2v) is 13.5. The highest BCUT2D eigenvalue weighted by molar-refractivity contribution is 7.97. The molecule has 8 heteroatoms. The third kappa shape index (κ3) is 7.74. The Bertz CT molecular complexity index is 1290. The maximum atomic E-state index is 13.6. The highest BCUT2D eigenvalue weighted by atomic mass is 32.2. The molecule has 1 aliphatic heterocycles. The lowest BCUT2D eigenvalue weighted by molar-refractivity contribution is 0.0984. The molecular weight excluding hydrogens is 516 g/mol. The molecule has 1 saturated heterocycles. The lowest BCUT2D eigenvalue weighted by Gasteiger charge is -2.34. The van der Waals surface area contributed by atoms with E-state index in [1.165, 1.54) is 11.9 Å². The Morgan fingerprint density at radius 1 is 1.12 bits per heavy atom. The van der Waals surface area contributed by atoms with Gasteiger partial charge in [-0.25, -0.2) is 9.97 Å². The number of hydrogen-bond acceptors (Lipinski definition) is 7. The number of carbonyl (C=O) groups is 1. The monoisotopic (exact) mass is 560 g/mol. The summed E-state index contributed by atoms with van der Waals surface area (Å²) >= 11 is 1.22. The smallest absolute Gasteiger partial charge is 0.265 e. The van der Waals surface area contributed by atoms with Crippen LogP contribution in [0, 0.1) is 11.3 Å². The molecule has 0 bridgehead atoms. The van der Waals surface area contributed by atoms with Crippen LogP contribution in [0.4, 0.5) is 11.6 Å².